The lowest BCUT2D eigenvalue weighted by Gasteiger charge is -2.44. The van der Waals surface area contributed by atoms with E-state index in [0.29, 0.717) is 0 Å². The minimum absolute atomic E-state index is 0.0608. The molecule has 1 rings (SSSR count). The lowest BCUT2D eigenvalue weighted by Crippen LogP contribution is -2.62. The van der Waals surface area contributed by atoms with E-state index in [4.69, 9.17) is 0 Å². The van der Waals surface area contributed by atoms with Crippen LogP contribution in [0.5, 0.6) is 0 Å². The van der Waals surface area contributed by atoms with Gasteiger partial charge in [0.15, 0.2) is 0 Å². The molecule has 1 aliphatic rings. The van der Waals surface area contributed by atoms with Crippen LogP contribution in [0.1, 0.15) is 20.8 Å². The molecule has 0 radical (unpaired) electrons. The zero-order valence-corrected chi connectivity index (χ0v) is 13.6. The topological polar surface area (TPSA) is 95.0 Å². The molecular formula is C13H22N2O5S. The molecule has 1 saturated heterocycles. The summed E-state index contributed by atoms with van der Waals surface area (Å²) in [7, 11) is -2.07. The normalized spacial score (nSPS) is 19.7. The molecule has 1 N–H and O–H groups in total. The van der Waals surface area contributed by atoms with Gasteiger partial charge < -0.3 is 10.0 Å². The van der Waals surface area contributed by atoms with Gasteiger partial charge in [-0.2, -0.15) is 4.31 Å². The summed E-state index contributed by atoms with van der Waals surface area (Å²) in [5, 5.41) is 10.2. The summed E-state index contributed by atoms with van der Waals surface area (Å²) in [5.41, 5.74) is -1.32. The van der Waals surface area contributed by atoms with Gasteiger partial charge in [-0.15, -0.1) is 0 Å². The number of hydrogen-bond acceptors (Lipinski definition) is 4. The highest BCUT2D eigenvalue weighted by Crippen LogP contribution is 2.29. The van der Waals surface area contributed by atoms with Gasteiger partial charge in [-0.25, -0.2) is 13.2 Å². The van der Waals surface area contributed by atoms with Crippen molar-refractivity contribution in [2.75, 3.05) is 20.1 Å². The average molecular weight is 318 g/mol. The molecule has 0 spiro atoms. The number of sulfonamides is 1. The minimum atomic E-state index is -3.51. The van der Waals surface area contributed by atoms with Gasteiger partial charge in [-0.1, -0.05) is 20.4 Å². The summed E-state index contributed by atoms with van der Waals surface area (Å²) in [4.78, 5) is 25.1. The Labute approximate surface area is 125 Å². The lowest BCUT2D eigenvalue weighted by atomic mass is 9.85. The van der Waals surface area contributed by atoms with E-state index < -0.39 is 27.4 Å². The van der Waals surface area contributed by atoms with Crippen molar-refractivity contribution in [1.82, 2.24) is 9.21 Å². The molecule has 8 heteroatoms. The number of amides is 1. The fraction of sp³-hybridized carbons (Fsp3) is 0.692. The summed E-state index contributed by atoms with van der Waals surface area (Å²) in [6.45, 7) is 8.30. The van der Waals surface area contributed by atoms with Crippen molar-refractivity contribution < 1.29 is 23.1 Å². The highest BCUT2D eigenvalue weighted by Gasteiger charge is 2.47. The molecule has 0 saturated carbocycles. The third-order valence-electron chi connectivity index (χ3n) is 4.35. The first kappa shape index (κ1) is 17.6. The van der Waals surface area contributed by atoms with Crippen LogP contribution in [0, 0.1) is 11.8 Å². The van der Waals surface area contributed by atoms with Gasteiger partial charge in [-0.05, 0) is 12.8 Å². The maximum absolute atomic E-state index is 12.4. The van der Waals surface area contributed by atoms with Crippen molar-refractivity contribution >= 4 is 21.9 Å². The van der Waals surface area contributed by atoms with Crippen molar-refractivity contribution in [3.05, 3.63) is 12.0 Å². The van der Waals surface area contributed by atoms with E-state index in [1.165, 1.54) is 18.9 Å². The fourth-order valence-corrected chi connectivity index (χ4v) is 3.17. The zero-order valence-electron chi connectivity index (χ0n) is 12.7. The molecular weight excluding hydrogens is 296 g/mol. The minimum Gasteiger partial charge on any atom is -0.479 e. The van der Waals surface area contributed by atoms with E-state index in [-0.39, 0.29) is 24.9 Å². The monoisotopic (exact) mass is 318 g/mol. The predicted octanol–water partition coefficient (Wildman–Crippen LogP) is 0.349. The standard InChI is InChI=1S/C13H22N2O5S/c1-6-21(19,20)15-7-10(8-15)11(16)14(5)13(4,9(2)3)12(17)18/h6,9-10H,1,7-8H2,2-5H3,(H,17,18). The second kappa shape index (κ2) is 5.76. The van der Waals surface area contributed by atoms with E-state index >= 15 is 0 Å². The van der Waals surface area contributed by atoms with Crippen LogP contribution < -0.4 is 0 Å². The van der Waals surface area contributed by atoms with Crippen molar-refractivity contribution in [3.8, 4) is 0 Å². The number of carboxylic acid groups (broad SMARTS) is 1. The Balaban J connectivity index is 2.83. The van der Waals surface area contributed by atoms with Gasteiger partial charge >= 0.3 is 5.97 Å². The predicted molar refractivity (Wildman–Crippen MR) is 77.8 cm³/mol. The SMILES string of the molecule is C=CS(=O)(=O)N1CC(C(=O)N(C)C(C)(C(=O)O)C(C)C)C1. The van der Waals surface area contributed by atoms with Crippen LogP contribution in [-0.2, 0) is 19.6 Å². The molecule has 0 aromatic rings. The summed E-state index contributed by atoms with van der Waals surface area (Å²) in [6.07, 6.45) is 0. The molecule has 7 nitrogen and oxygen atoms in total. The Morgan fingerprint density at radius 2 is 1.90 bits per heavy atom. The molecule has 0 aromatic heterocycles. The van der Waals surface area contributed by atoms with E-state index in [0.717, 1.165) is 9.71 Å². The second-order valence-corrected chi connectivity index (χ2v) is 7.61. The van der Waals surface area contributed by atoms with Crippen molar-refractivity contribution in [1.29, 1.82) is 0 Å². The number of carboxylic acids is 1. The number of rotatable bonds is 6. The third kappa shape index (κ3) is 2.96. The largest absolute Gasteiger partial charge is 0.479 e. The van der Waals surface area contributed by atoms with Gasteiger partial charge in [0.2, 0.25) is 15.9 Å². The van der Waals surface area contributed by atoms with Crippen LogP contribution in [0.3, 0.4) is 0 Å². The highest BCUT2D eigenvalue weighted by atomic mass is 32.2. The second-order valence-electron chi connectivity index (χ2n) is 5.73. The summed E-state index contributed by atoms with van der Waals surface area (Å²) in [5.74, 6) is -2.23. The first-order valence-corrected chi connectivity index (χ1v) is 8.12. The third-order valence-corrected chi connectivity index (χ3v) is 5.79. The average Bonchev–Trinajstić information content (AvgIpc) is 2.33. The van der Waals surface area contributed by atoms with Crippen LogP contribution in [0.4, 0.5) is 0 Å². The molecule has 0 bridgehead atoms. The van der Waals surface area contributed by atoms with Crippen LogP contribution in [0.15, 0.2) is 12.0 Å². The number of carbonyl (C=O) groups excluding carboxylic acids is 1. The van der Waals surface area contributed by atoms with Gasteiger partial charge in [-0.3, -0.25) is 4.79 Å². The smallest absolute Gasteiger partial charge is 0.329 e. The van der Waals surface area contributed by atoms with E-state index in [1.807, 2.05) is 0 Å². The van der Waals surface area contributed by atoms with Crippen LogP contribution in [0.25, 0.3) is 0 Å². The van der Waals surface area contributed by atoms with Gasteiger partial charge in [0.1, 0.15) is 5.54 Å². The van der Waals surface area contributed by atoms with Crippen LogP contribution in [-0.4, -0.2) is 60.3 Å². The molecule has 1 aliphatic heterocycles. The van der Waals surface area contributed by atoms with Crippen molar-refractivity contribution in [3.63, 3.8) is 0 Å². The first-order chi connectivity index (χ1) is 9.48. The van der Waals surface area contributed by atoms with E-state index in [9.17, 15) is 23.1 Å². The molecule has 0 aromatic carbocycles. The molecule has 1 amide bonds. The number of aliphatic carboxylic acids is 1. The number of hydrogen-bond donors (Lipinski definition) is 1. The van der Waals surface area contributed by atoms with Crippen LogP contribution in [0.2, 0.25) is 0 Å². The molecule has 1 heterocycles. The maximum Gasteiger partial charge on any atom is 0.329 e. The van der Waals surface area contributed by atoms with Gasteiger partial charge in [0.25, 0.3) is 0 Å². The summed E-state index contributed by atoms with van der Waals surface area (Å²) >= 11 is 0. The Hall–Kier alpha value is -1.41. The fourth-order valence-electron chi connectivity index (χ4n) is 2.19. The van der Waals surface area contributed by atoms with E-state index in [2.05, 4.69) is 6.58 Å². The molecule has 0 aliphatic carbocycles. The highest BCUT2D eigenvalue weighted by molar-refractivity contribution is 7.92. The Morgan fingerprint density at radius 1 is 1.43 bits per heavy atom. The number of nitrogens with zero attached hydrogens (tertiary/aromatic N) is 2. The molecule has 1 atom stereocenters. The molecule has 21 heavy (non-hydrogen) atoms. The van der Waals surface area contributed by atoms with Crippen LogP contribution >= 0.6 is 0 Å². The zero-order chi connectivity index (χ0) is 16.6. The molecule has 1 fully saturated rings. The van der Waals surface area contributed by atoms with Crippen molar-refractivity contribution in [2.45, 2.75) is 26.3 Å². The first-order valence-electron chi connectivity index (χ1n) is 6.62. The van der Waals surface area contributed by atoms with Crippen molar-refractivity contribution in [2.24, 2.45) is 11.8 Å². The molecule has 120 valence electrons. The van der Waals surface area contributed by atoms with Gasteiger partial charge in [0.05, 0.1) is 5.92 Å². The maximum atomic E-state index is 12.4. The van der Waals surface area contributed by atoms with Gasteiger partial charge in [0, 0.05) is 25.5 Å². The lowest BCUT2D eigenvalue weighted by molar-refractivity contribution is -0.163. The Kier molecular flexibility index (Phi) is 4.84. The Morgan fingerprint density at radius 3 is 2.24 bits per heavy atom. The summed E-state index contributed by atoms with van der Waals surface area (Å²) in [6, 6.07) is 0. The number of carbonyl (C=O) groups is 2. The Bertz CT molecular complexity index is 551. The number of likely N-dealkylation sites (N-methyl/N-ethyl adjacent to an activating group) is 1. The quantitative estimate of drug-likeness (QED) is 0.762. The van der Waals surface area contributed by atoms with E-state index in [1.54, 1.807) is 13.8 Å². The summed E-state index contributed by atoms with van der Waals surface area (Å²) < 4.78 is 24.2. The molecule has 1 unspecified atom stereocenters.